The summed E-state index contributed by atoms with van der Waals surface area (Å²) in [6, 6.07) is -0.886. The first-order valence-electron chi connectivity index (χ1n) is 28.4. The van der Waals surface area contributed by atoms with Crippen molar-refractivity contribution >= 4 is 13.7 Å². The summed E-state index contributed by atoms with van der Waals surface area (Å²) in [7, 11) is 1.27. The average molecular weight is 951 g/mol. The Labute approximate surface area is 410 Å². The van der Waals surface area contributed by atoms with E-state index in [9.17, 15) is 19.4 Å². The average Bonchev–Trinajstić information content (AvgIpc) is 3.28. The summed E-state index contributed by atoms with van der Waals surface area (Å²) < 4.78 is 23.3. The van der Waals surface area contributed by atoms with Gasteiger partial charge in [0.15, 0.2) is 0 Å². The van der Waals surface area contributed by atoms with E-state index in [0.717, 1.165) is 44.9 Å². The number of likely N-dealkylation sites (N-methyl/N-ethyl adjacent to an activating group) is 1. The lowest BCUT2D eigenvalue weighted by Gasteiger charge is -2.29. The van der Waals surface area contributed by atoms with Gasteiger partial charge in [-0.25, -0.2) is 0 Å². The number of rotatable bonds is 52. The van der Waals surface area contributed by atoms with Crippen LogP contribution in [0.15, 0.2) is 36.5 Å². The summed E-state index contributed by atoms with van der Waals surface area (Å²) in [5.41, 5.74) is 0. The van der Waals surface area contributed by atoms with Gasteiger partial charge in [-0.05, 0) is 51.4 Å². The van der Waals surface area contributed by atoms with Gasteiger partial charge in [-0.15, -0.1) is 0 Å². The van der Waals surface area contributed by atoms with Gasteiger partial charge in [-0.1, -0.05) is 249 Å². The molecule has 0 aliphatic carbocycles. The fourth-order valence-corrected chi connectivity index (χ4v) is 9.08. The molecule has 8 nitrogen and oxygen atoms in total. The predicted octanol–water partition coefficient (Wildman–Crippen LogP) is 16.4. The van der Waals surface area contributed by atoms with Crippen LogP contribution in [0.4, 0.5) is 0 Å². The highest BCUT2D eigenvalue weighted by Crippen LogP contribution is 2.38. The van der Waals surface area contributed by atoms with Crippen LogP contribution in [0, 0.1) is 0 Å². The molecule has 390 valence electrons. The molecule has 0 aromatic rings. The molecule has 9 heteroatoms. The molecule has 0 bridgehead atoms. The van der Waals surface area contributed by atoms with Crippen molar-refractivity contribution in [3.63, 3.8) is 0 Å². The Balaban J connectivity index is 4.13. The van der Waals surface area contributed by atoms with Crippen molar-refractivity contribution in [1.82, 2.24) is 5.32 Å². The first-order chi connectivity index (χ1) is 32.0. The molecule has 0 saturated heterocycles. The third-order valence-corrected chi connectivity index (χ3v) is 13.8. The highest BCUT2D eigenvalue weighted by Gasteiger charge is 2.23. The molecule has 0 radical (unpaired) electrons. The van der Waals surface area contributed by atoms with Crippen LogP contribution in [0.1, 0.15) is 271 Å². The Morgan fingerprint density at radius 3 is 1.26 bits per heavy atom. The zero-order valence-electron chi connectivity index (χ0n) is 44.4. The molecule has 66 heavy (non-hydrogen) atoms. The molecule has 2 N–H and O–H groups in total. The summed E-state index contributed by atoms with van der Waals surface area (Å²) in [5, 5.41) is 13.9. The molecule has 0 saturated carbocycles. The summed E-state index contributed by atoms with van der Waals surface area (Å²) in [5.74, 6) is -0.196. The number of amides is 1. The lowest BCUT2D eigenvalue weighted by atomic mass is 10.0. The number of hydrogen-bond donors (Lipinski definition) is 2. The van der Waals surface area contributed by atoms with Crippen molar-refractivity contribution in [3.05, 3.63) is 36.5 Å². The van der Waals surface area contributed by atoms with E-state index in [1.165, 1.54) is 205 Å². The lowest BCUT2D eigenvalue weighted by molar-refractivity contribution is -0.870. The number of quaternary nitrogens is 1. The van der Waals surface area contributed by atoms with Gasteiger partial charge in [0.2, 0.25) is 5.91 Å². The van der Waals surface area contributed by atoms with Crippen LogP contribution in [0.2, 0.25) is 0 Å². The summed E-state index contributed by atoms with van der Waals surface area (Å²) in [6.07, 6.45) is 62.2. The third-order valence-electron chi connectivity index (χ3n) is 12.8. The molecule has 0 rings (SSSR count). The quantitative estimate of drug-likeness (QED) is 0.0272. The maximum absolute atomic E-state index is 12.9. The molecule has 0 fully saturated rings. The molecule has 0 spiro atoms. The molecule has 0 aliphatic rings. The third kappa shape index (κ3) is 50.6. The van der Waals surface area contributed by atoms with Gasteiger partial charge in [0, 0.05) is 6.42 Å². The zero-order valence-corrected chi connectivity index (χ0v) is 45.3. The van der Waals surface area contributed by atoms with Gasteiger partial charge in [0.05, 0.1) is 39.9 Å². The SMILES string of the molecule is CCCCCCCCCCC/C=C\C/C=C\CCCCCCCCCCCCCCCC(=O)NC(COP(=O)([O-])OCC[N+](C)(C)C)C(O)/C=C/CCCCCCCCCCCCCCC. The minimum Gasteiger partial charge on any atom is -0.756 e. The van der Waals surface area contributed by atoms with Crippen LogP contribution < -0.4 is 10.2 Å². The maximum atomic E-state index is 12.9. The van der Waals surface area contributed by atoms with E-state index in [0.29, 0.717) is 17.4 Å². The molecule has 3 unspecified atom stereocenters. The fraction of sp³-hybridized carbons (Fsp3) is 0.877. The van der Waals surface area contributed by atoms with Crippen molar-refractivity contribution in [2.75, 3.05) is 40.9 Å². The Hall–Kier alpha value is -1.28. The smallest absolute Gasteiger partial charge is 0.268 e. The second kappa shape index (κ2) is 48.7. The van der Waals surface area contributed by atoms with Gasteiger partial charge >= 0.3 is 0 Å². The first kappa shape index (κ1) is 64.7. The second-order valence-electron chi connectivity index (χ2n) is 20.6. The largest absolute Gasteiger partial charge is 0.756 e. The van der Waals surface area contributed by atoms with E-state index < -0.39 is 20.0 Å². The van der Waals surface area contributed by atoms with Gasteiger partial charge in [0.25, 0.3) is 7.82 Å². The number of aliphatic hydroxyl groups excluding tert-OH is 1. The Morgan fingerprint density at radius 1 is 0.530 bits per heavy atom. The van der Waals surface area contributed by atoms with E-state index in [2.05, 4.69) is 43.5 Å². The van der Waals surface area contributed by atoms with Crippen LogP contribution in [0.5, 0.6) is 0 Å². The molecule has 0 aromatic heterocycles. The van der Waals surface area contributed by atoms with E-state index >= 15 is 0 Å². The number of nitrogens with one attached hydrogen (secondary N) is 1. The number of phosphoric acid groups is 1. The van der Waals surface area contributed by atoms with Gasteiger partial charge in [0.1, 0.15) is 13.2 Å². The molecule has 3 atom stereocenters. The monoisotopic (exact) mass is 951 g/mol. The van der Waals surface area contributed by atoms with E-state index in [1.54, 1.807) is 6.08 Å². The van der Waals surface area contributed by atoms with E-state index in [1.807, 2.05) is 27.2 Å². The van der Waals surface area contributed by atoms with Gasteiger partial charge < -0.3 is 28.8 Å². The van der Waals surface area contributed by atoms with Crippen LogP contribution in [-0.4, -0.2) is 68.5 Å². The number of carbonyl (C=O) groups excluding carboxylic acids is 1. The topological polar surface area (TPSA) is 108 Å². The van der Waals surface area contributed by atoms with Crippen LogP contribution in [0.25, 0.3) is 0 Å². The highest BCUT2D eigenvalue weighted by atomic mass is 31.2. The number of carbonyl (C=O) groups is 1. The van der Waals surface area contributed by atoms with E-state index in [-0.39, 0.29) is 19.1 Å². The number of unbranched alkanes of at least 4 members (excludes halogenated alkanes) is 35. The van der Waals surface area contributed by atoms with Crippen molar-refractivity contribution in [1.29, 1.82) is 0 Å². The number of nitrogens with zero attached hydrogens (tertiary/aromatic N) is 1. The Bertz CT molecular complexity index is 1170. The van der Waals surface area contributed by atoms with Crippen LogP contribution in [-0.2, 0) is 18.4 Å². The first-order valence-corrected chi connectivity index (χ1v) is 29.8. The van der Waals surface area contributed by atoms with Gasteiger partial charge in [-0.2, -0.15) is 0 Å². The lowest BCUT2D eigenvalue weighted by Crippen LogP contribution is -2.45. The zero-order chi connectivity index (χ0) is 48.5. The minimum absolute atomic E-state index is 0.000458. The Kier molecular flexibility index (Phi) is 47.8. The predicted molar refractivity (Wildman–Crippen MR) is 284 cm³/mol. The number of phosphoric ester groups is 1. The van der Waals surface area contributed by atoms with Gasteiger partial charge in [-0.3, -0.25) is 9.36 Å². The van der Waals surface area contributed by atoms with E-state index in [4.69, 9.17) is 9.05 Å². The maximum Gasteiger partial charge on any atom is 0.268 e. The molecule has 0 heterocycles. The minimum atomic E-state index is -4.59. The molecule has 0 aromatic carbocycles. The fourth-order valence-electron chi connectivity index (χ4n) is 8.36. The summed E-state index contributed by atoms with van der Waals surface area (Å²) in [4.78, 5) is 25.5. The van der Waals surface area contributed by atoms with Crippen molar-refractivity contribution in [2.24, 2.45) is 0 Å². The second-order valence-corrected chi connectivity index (χ2v) is 22.1. The number of aliphatic hydroxyl groups is 1. The highest BCUT2D eigenvalue weighted by molar-refractivity contribution is 7.45. The van der Waals surface area contributed by atoms with Crippen LogP contribution >= 0.6 is 7.82 Å². The molecular weight excluding hydrogens is 840 g/mol. The Morgan fingerprint density at radius 2 is 0.879 bits per heavy atom. The number of hydrogen-bond acceptors (Lipinski definition) is 6. The molecular formula is C57H111N2O6P. The summed E-state index contributed by atoms with van der Waals surface area (Å²) >= 11 is 0. The van der Waals surface area contributed by atoms with Crippen molar-refractivity contribution in [2.45, 2.75) is 283 Å². The van der Waals surface area contributed by atoms with Crippen molar-refractivity contribution in [3.8, 4) is 0 Å². The summed E-state index contributed by atoms with van der Waals surface area (Å²) in [6.45, 7) is 4.67. The standard InChI is InChI=1S/C57H111N2O6P/c1-6-8-10-12-14-16-18-20-22-23-24-25-26-27-28-29-30-31-32-33-34-35-37-39-41-43-45-47-49-51-57(61)58-55(54-65-66(62,63)64-53-52-59(3,4)5)56(60)50-48-46-44-42-40-38-36-21-19-17-15-13-11-9-7-2/h24-25,27-28,48,50,55-56,60H,6-23,26,29-47,49,51-54H2,1-5H3,(H-,58,61,62,63)/b25-24-,28-27-,50-48+. The molecule has 0 aliphatic heterocycles. The number of allylic oxidation sites excluding steroid dienone is 5. The normalized spacial score (nSPS) is 14.2. The van der Waals surface area contributed by atoms with Crippen LogP contribution in [0.3, 0.4) is 0 Å². The molecule has 1 amide bonds. The van der Waals surface area contributed by atoms with Crippen molar-refractivity contribution < 1.29 is 32.9 Å².